The molecular formula is C26H36F2O2. The van der Waals surface area contributed by atoms with E-state index in [0.717, 1.165) is 18.4 Å². The first-order valence-corrected chi connectivity index (χ1v) is 10.7. The minimum Gasteiger partial charge on any atom is -0.467 e. The van der Waals surface area contributed by atoms with Gasteiger partial charge in [-0.3, -0.25) is 0 Å². The van der Waals surface area contributed by atoms with Crippen molar-refractivity contribution in [1.82, 2.24) is 0 Å². The zero-order valence-electron chi connectivity index (χ0n) is 19.7. The van der Waals surface area contributed by atoms with Gasteiger partial charge in [0.05, 0.1) is 5.83 Å². The molecule has 0 aromatic heterocycles. The smallest absolute Gasteiger partial charge is 0.188 e. The van der Waals surface area contributed by atoms with Crippen molar-refractivity contribution in [1.29, 1.82) is 0 Å². The number of methoxy groups -OCH3 is 1. The van der Waals surface area contributed by atoms with Crippen molar-refractivity contribution in [2.45, 2.75) is 78.6 Å². The lowest BCUT2D eigenvalue weighted by molar-refractivity contribution is 0.0507. The first-order chi connectivity index (χ1) is 13.9. The van der Waals surface area contributed by atoms with Gasteiger partial charge in [-0.2, -0.15) is 0 Å². The van der Waals surface area contributed by atoms with Crippen LogP contribution < -0.4 is 4.74 Å². The molecule has 0 unspecified atom stereocenters. The van der Waals surface area contributed by atoms with Crippen LogP contribution in [0.15, 0.2) is 41.5 Å². The Bertz CT molecular complexity index is 869. The fraction of sp³-hybridized carbons (Fsp3) is 0.538. The Kier molecular flexibility index (Phi) is 7.68. The van der Waals surface area contributed by atoms with Crippen molar-refractivity contribution in [3.8, 4) is 5.75 Å². The third kappa shape index (κ3) is 5.21. The predicted molar refractivity (Wildman–Crippen MR) is 121 cm³/mol. The van der Waals surface area contributed by atoms with Gasteiger partial charge in [0, 0.05) is 12.7 Å². The molecule has 4 heteroatoms. The molecule has 1 aliphatic carbocycles. The van der Waals surface area contributed by atoms with Gasteiger partial charge < -0.3 is 9.47 Å². The van der Waals surface area contributed by atoms with E-state index in [1.54, 1.807) is 14.0 Å². The predicted octanol–water partition coefficient (Wildman–Crippen LogP) is 7.93. The van der Waals surface area contributed by atoms with Crippen LogP contribution in [0.4, 0.5) is 8.78 Å². The molecule has 0 heterocycles. The molecule has 0 fully saturated rings. The second kappa shape index (κ2) is 9.47. The highest BCUT2D eigenvalue weighted by atomic mass is 19.1. The normalized spacial score (nSPS) is 19.3. The van der Waals surface area contributed by atoms with Crippen LogP contribution in [0.3, 0.4) is 0 Å². The quantitative estimate of drug-likeness (QED) is 0.331. The Hall–Kier alpha value is -1.94. The largest absolute Gasteiger partial charge is 0.467 e. The van der Waals surface area contributed by atoms with Crippen molar-refractivity contribution in [2.75, 3.05) is 13.9 Å². The van der Waals surface area contributed by atoms with Gasteiger partial charge in [-0.15, -0.1) is 0 Å². The number of hydrogen-bond donors (Lipinski definition) is 0. The summed E-state index contributed by atoms with van der Waals surface area (Å²) in [4.78, 5) is 0. The van der Waals surface area contributed by atoms with E-state index in [2.05, 4.69) is 39.8 Å². The number of fused-ring (bicyclic) bond motifs is 1. The molecule has 2 nitrogen and oxygen atoms in total. The fourth-order valence-corrected chi connectivity index (χ4v) is 3.97. The standard InChI is InChI=1S/C26H36F2O2/c1-9-19(23(28)11-10-17(2)18(3)27)20-14-21-22(15-24(20)30-16-29-8)26(6,7)13-12-25(21,4)5/h10-11,14-15H,9,12-13,16H2,1-8H3/b11-10+,18-17-,23-19+. The molecule has 0 atom stereocenters. The van der Waals surface area contributed by atoms with E-state index in [0.29, 0.717) is 23.3 Å². The minimum atomic E-state index is -0.381. The summed E-state index contributed by atoms with van der Waals surface area (Å²) in [6.07, 6.45) is 5.45. The molecule has 0 aliphatic heterocycles. The van der Waals surface area contributed by atoms with Gasteiger partial charge >= 0.3 is 0 Å². The Balaban J connectivity index is 2.72. The average molecular weight is 419 g/mol. The lowest BCUT2D eigenvalue weighted by Gasteiger charge is -2.42. The van der Waals surface area contributed by atoms with E-state index in [4.69, 9.17) is 9.47 Å². The van der Waals surface area contributed by atoms with Gasteiger partial charge in [0.2, 0.25) is 0 Å². The van der Waals surface area contributed by atoms with E-state index in [9.17, 15) is 4.39 Å². The molecule has 2 rings (SSSR count). The van der Waals surface area contributed by atoms with Crippen LogP contribution in [-0.4, -0.2) is 13.9 Å². The second-order valence-electron chi connectivity index (χ2n) is 9.44. The molecule has 0 bridgehead atoms. The molecule has 1 aromatic carbocycles. The number of halogens is 2. The van der Waals surface area contributed by atoms with Crippen molar-refractivity contribution in [3.63, 3.8) is 0 Å². The molecular weight excluding hydrogens is 382 g/mol. The van der Waals surface area contributed by atoms with E-state index < -0.39 is 0 Å². The van der Waals surface area contributed by atoms with Crippen LogP contribution >= 0.6 is 0 Å². The molecule has 1 aromatic rings. The molecule has 0 saturated carbocycles. The zero-order valence-corrected chi connectivity index (χ0v) is 19.7. The summed E-state index contributed by atoms with van der Waals surface area (Å²) in [5.74, 6) is -0.0807. The number of allylic oxidation sites excluding steroid dienone is 6. The lowest BCUT2D eigenvalue weighted by Crippen LogP contribution is -2.34. The Morgan fingerprint density at radius 2 is 1.57 bits per heavy atom. The monoisotopic (exact) mass is 418 g/mol. The van der Waals surface area contributed by atoms with Crippen LogP contribution in [0.5, 0.6) is 5.75 Å². The molecule has 0 radical (unpaired) electrons. The first kappa shape index (κ1) is 24.3. The summed E-state index contributed by atoms with van der Waals surface area (Å²) in [5, 5.41) is 0. The topological polar surface area (TPSA) is 18.5 Å². The molecule has 166 valence electrons. The number of ether oxygens (including phenoxy) is 2. The van der Waals surface area contributed by atoms with Crippen LogP contribution in [0.25, 0.3) is 5.57 Å². The van der Waals surface area contributed by atoms with Gasteiger partial charge in [-0.05, 0) is 84.4 Å². The van der Waals surface area contributed by atoms with Crippen LogP contribution in [0, 0.1) is 0 Å². The van der Waals surface area contributed by atoms with Gasteiger partial charge in [0.1, 0.15) is 11.6 Å². The highest BCUT2D eigenvalue weighted by Crippen LogP contribution is 2.49. The maximum atomic E-state index is 15.2. The molecule has 1 aliphatic rings. The molecule has 0 N–H and O–H groups in total. The van der Waals surface area contributed by atoms with Crippen LogP contribution in [0.1, 0.15) is 84.4 Å². The summed E-state index contributed by atoms with van der Waals surface area (Å²) in [6.45, 7) is 14.0. The summed E-state index contributed by atoms with van der Waals surface area (Å²) in [7, 11) is 1.57. The third-order valence-electron chi connectivity index (χ3n) is 6.28. The number of hydrogen-bond acceptors (Lipinski definition) is 2. The summed E-state index contributed by atoms with van der Waals surface area (Å²) in [6, 6.07) is 4.16. The summed E-state index contributed by atoms with van der Waals surface area (Å²) in [5.41, 5.74) is 4.18. The van der Waals surface area contributed by atoms with Crippen molar-refractivity contribution in [3.05, 3.63) is 58.2 Å². The second-order valence-corrected chi connectivity index (χ2v) is 9.44. The SMILES string of the molecule is CC/C(=C(F)/C=C/C(C)=C(/C)F)c1cc2c(cc1OCOC)C(C)(C)CCC2(C)C. The molecule has 0 saturated heterocycles. The minimum absolute atomic E-state index is 0.00474. The third-order valence-corrected chi connectivity index (χ3v) is 6.28. The molecule has 30 heavy (non-hydrogen) atoms. The van der Waals surface area contributed by atoms with Crippen LogP contribution in [-0.2, 0) is 15.6 Å². The highest BCUT2D eigenvalue weighted by molar-refractivity contribution is 5.75. The highest BCUT2D eigenvalue weighted by Gasteiger charge is 2.38. The lowest BCUT2D eigenvalue weighted by atomic mass is 9.62. The fourth-order valence-electron chi connectivity index (χ4n) is 3.97. The van der Waals surface area contributed by atoms with Gasteiger partial charge in [0.25, 0.3) is 0 Å². The van der Waals surface area contributed by atoms with E-state index in [1.165, 1.54) is 30.2 Å². The van der Waals surface area contributed by atoms with E-state index in [1.807, 2.05) is 6.92 Å². The van der Waals surface area contributed by atoms with Crippen LogP contribution in [0.2, 0.25) is 0 Å². The van der Waals surface area contributed by atoms with Gasteiger partial charge in [0.15, 0.2) is 6.79 Å². The van der Waals surface area contributed by atoms with Crippen molar-refractivity contribution >= 4 is 5.57 Å². The Morgan fingerprint density at radius 3 is 2.07 bits per heavy atom. The number of benzene rings is 1. The Labute approximate surface area is 180 Å². The maximum Gasteiger partial charge on any atom is 0.188 e. The van der Waals surface area contributed by atoms with Crippen molar-refractivity contribution < 1.29 is 18.3 Å². The van der Waals surface area contributed by atoms with Crippen molar-refractivity contribution in [2.24, 2.45) is 0 Å². The zero-order chi connectivity index (χ0) is 22.7. The maximum absolute atomic E-state index is 15.2. The first-order valence-electron chi connectivity index (χ1n) is 10.7. The van der Waals surface area contributed by atoms with E-state index in [-0.39, 0.29) is 29.3 Å². The Morgan fingerprint density at radius 1 is 1.00 bits per heavy atom. The number of rotatable bonds is 7. The van der Waals surface area contributed by atoms with E-state index >= 15 is 4.39 Å². The van der Waals surface area contributed by atoms with Gasteiger partial charge in [-0.25, -0.2) is 8.78 Å². The average Bonchev–Trinajstić information content (AvgIpc) is 2.68. The molecule has 0 amide bonds. The summed E-state index contributed by atoms with van der Waals surface area (Å²) < 4.78 is 39.6. The summed E-state index contributed by atoms with van der Waals surface area (Å²) >= 11 is 0. The molecule has 0 spiro atoms. The van der Waals surface area contributed by atoms with Gasteiger partial charge in [-0.1, -0.05) is 40.7 Å².